The zero-order valence-electron chi connectivity index (χ0n) is 12.9. The lowest BCUT2D eigenvalue weighted by Crippen LogP contribution is -2.41. The predicted octanol–water partition coefficient (Wildman–Crippen LogP) is 4.27. The Morgan fingerprint density at radius 2 is 2.15 bits per heavy atom. The molecule has 20 heavy (non-hydrogen) atoms. The van der Waals surface area contributed by atoms with E-state index in [2.05, 4.69) is 59.9 Å². The second-order valence-corrected chi connectivity index (χ2v) is 7.21. The van der Waals surface area contributed by atoms with Crippen molar-refractivity contribution in [2.75, 3.05) is 13.6 Å². The third-order valence-corrected chi connectivity index (χ3v) is 5.63. The van der Waals surface area contributed by atoms with E-state index in [0.29, 0.717) is 18.6 Å². The summed E-state index contributed by atoms with van der Waals surface area (Å²) < 4.78 is 1.18. The summed E-state index contributed by atoms with van der Waals surface area (Å²) in [5.74, 6) is 0.847. The Balaban J connectivity index is 2.15. The predicted molar refractivity (Wildman–Crippen MR) is 89.9 cm³/mol. The normalized spacial score (nSPS) is 24.9. The van der Waals surface area contributed by atoms with Crippen molar-refractivity contribution >= 4 is 15.9 Å². The summed E-state index contributed by atoms with van der Waals surface area (Å²) in [4.78, 5) is 2.51. The molecule has 1 aliphatic rings. The van der Waals surface area contributed by atoms with Gasteiger partial charge < -0.3 is 5.73 Å². The summed E-state index contributed by atoms with van der Waals surface area (Å²) in [6.45, 7) is 5.18. The molecule has 3 unspecified atom stereocenters. The molecule has 2 nitrogen and oxygen atoms in total. The van der Waals surface area contributed by atoms with Crippen LogP contribution in [0.2, 0.25) is 0 Å². The van der Waals surface area contributed by atoms with Crippen molar-refractivity contribution < 1.29 is 0 Å². The van der Waals surface area contributed by atoms with Gasteiger partial charge in [-0.1, -0.05) is 47.8 Å². The van der Waals surface area contributed by atoms with E-state index >= 15 is 0 Å². The Labute approximate surface area is 131 Å². The van der Waals surface area contributed by atoms with Gasteiger partial charge in [-0.2, -0.15) is 0 Å². The third-order valence-electron chi connectivity index (χ3n) is 4.78. The maximum atomic E-state index is 6.08. The first-order valence-corrected chi connectivity index (χ1v) is 8.50. The highest BCUT2D eigenvalue weighted by molar-refractivity contribution is 9.10. The molecular formula is C17H27BrN2. The molecule has 0 bridgehead atoms. The summed E-state index contributed by atoms with van der Waals surface area (Å²) in [6.07, 6.45) is 5.35. The minimum absolute atomic E-state index is 0.321. The molecule has 1 aromatic rings. The van der Waals surface area contributed by atoms with Crippen LogP contribution in [0.5, 0.6) is 0 Å². The van der Waals surface area contributed by atoms with Crippen LogP contribution in [-0.4, -0.2) is 24.5 Å². The van der Waals surface area contributed by atoms with E-state index in [1.165, 1.54) is 41.3 Å². The first kappa shape index (κ1) is 16.0. The average molecular weight is 339 g/mol. The molecule has 0 saturated heterocycles. The van der Waals surface area contributed by atoms with Crippen LogP contribution in [0.3, 0.4) is 0 Å². The fourth-order valence-corrected chi connectivity index (χ4v) is 3.78. The van der Waals surface area contributed by atoms with E-state index in [4.69, 9.17) is 5.73 Å². The van der Waals surface area contributed by atoms with Gasteiger partial charge in [0.15, 0.2) is 0 Å². The number of likely N-dealkylation sites (N-methyl/N-ethyl adjacent to an activating group) is 1. The van der Waals surface area contributed by atoms with E-state index in [9.17, 15) is 0 Å². The molecule has 0 heterocycles. The number of aryl methyl sites for hydroxylation is 1. The van der Waals surface area contributed by atoms with Crippen molar-refractivity contribution in [3.8, 4) is 0 Å². The molecule has 112 valence electrons. The lowest BCUT2D eigenvalue weighted by molar-refractivity contribution is 0.121. The molecule has 1 saturated carbocycles. The lowest BCUT2D eigenvalue weighted by Gasteiger charge is -2.39. The van der Waals surface area contributed by atoms with Gasteiger partial charge in [0.25, 0.3) is 0 Å². The lowest BCUT2D eigenvalue weighted by atomic mass is 9.85. The molecule has 3 atom stereocenters. The van der Waals surface area contributed by atoms with Crippen molar-refractivity contribution in [2.24, 2.45) is 11.7 Å². The van der Waals surface area contributed by atoms with Gasteiger partial charge in [-0.25, -0.2) is 0 Å². The molecule has 1 aliphatic carbocycles. The van der Waals surface area contributed by atoms with E-state index in [0.717, 1.165) is 5.92 Å². The van der Waals surface area contributed by atoms with Gasteiger partial charge in [0, 0.05) is 23.1 Å². The van der Waals surface area contributed by atoms with Gasteiger partial charge in [-0.3, -0.25) is 4.90 Å². The monoisotopic (exact) mass is 338 g/mol. The van der Waals surface area contributed by atoms with Crippen molar-refractivity contribution in [2.45, 2.75) is 51.6 Å². The molecule has 2 rings (SSSR count). The molecule has 0 amide bonds. The van der Waals surface area contributed by atoms with Gasteiger partial charge in [0.2, 0.25) is 0 Å². The maximum Gasteiger partial charge on any atom is 0.0470 e. The van der Waals surface area contributed by atoms with Gasteiger partial charge in [-0.05, 0) is 49.9 Å². The minimum Gasteiger partial charge on any atom is -0.329 e. The zero-order valence-corrected chi connectivity index (χ0v) is 14.5. The van der Waals surface area contributed by atoms with Crippen molar-refractivity contribution in [3.63, 3.8) is 0 Å². The van der Waals surface area contributed by atoms with Gasteiger partial charge in [0.1, 0.15) is 0 Å². The fraction of sp³-hybridized carbons (Fsp3) is 0.647. The van der Waals surface area contributed by atoms with Crippen LogP contribution in [0.15, 0.2) is 22.7 Å². The number of nitrogens with zero attached hydrogens (tertiary/aromatic N) is 1. The number of benzene rings is 1. The molecular weight excluding hydrogens is 312 g/mol. The van der Waals surface area contributed by atoms with Crippen LogP contribution in [0.25, 0.3) is 0 Å². The zero-order chi connectivity index (χ0) is 14.7. The second kappa shape index (κ2) is 7.06. The smallest absolute Gasteiger partial charge is 0.0470 e. The Morgan fingerprint density at radius 1 is 1.40 bits per heavy atom. The average Bonchev–Trinajstić information content (AvgIpc) is 2.43. The number of hydrogen-bond donors (Lipinski definition) is 1. The van der Waals surface area contributed by atoms with Crippen LogP contribution in [0.4, 0.5) is 0 Å². The highest BCUT2D eigenvalue weighted by atomic mass is 79.9. The maximum absolute atomic E-state index is 6.08. The SMILES string of the molecule is Cc1ccc(C(CN)N(C)C2CCCC(C)C2)cc1Br. The Kier molecular flexibility index (Phi) is 5.65. The Hall–Kier alpha value is -0.380. The minimum atomic E-state index is 0.321. The first-order valence-electron chi connectivity index (χ1n) is 7.71. The van der Waals surface area contributed by atoms with E-state index in [1.54, 1.807) is 0 Å². The van der Waals surface area contributed by atoms with E-state index in [1.807, 2.05) is 0 Å². The van der Waals surface area contributed by atoms with Crippen molar-refractivity contribution in [1.82, 2.24) is 4.90 Å². The topological polar surface area (TPSA) is 29.3 Å². The number of hydrogen-bond acceptors (Lipinski definition) is 2. The summed E-state index contributed by atoms with van der Waals surface area (Å²) in [7, 11) is 2.24. The molecule has 1 aromatic carbocycles. The summed E-state index contributed by atoms with van der Waals surface area (Å²) in [5.41, 5.74) is 8.68. The number of halogens is 1. The molecule has 0 spiro atoms. The van der Waals surface area contributed by atoms with Crippen molar-refractivity contribution in [3.05, 3.63) is 33.8 Å². The highest BCUT2D eigenvalue weighted by Gasteiger charge is 2.27. The van der Waals surface area contributed by atoms with Crippen LogP contribution in [-0.2, 0) is 0 Å². The van der Waals surface area contributed by atoms with Crippen LogP contribution in [0.1, 0.15) is 49.8 Å². The molecule has 1 fully saturated rings. The highest BCUT2D eigenvalue weighted by Crippen LogP contribution is 2.32. The van der Waals surface area contributed by atoms with Crippen LogP contribution < -0.4 is 5.73 Å². The van der Waals surface area contributed by atoms with E-state index < -0.39 is 0 Å². The first-order chi connectivity index (χ1) is 9.52. The van der Waals surface area contributed by atoms with Gasteiger partial charge >= 0.3 is 0 Å². The second-order valence-electron chi connectivity index (χ2n) is 6.35. The fourth-order valence-electron chi connectivity index (χ4n) is 3.38. The van der Waals surface area contributed by atoms with Crippen LogP contribution >= 0.6 is 15.9 Å². The Bertz CT molecular complexity index is 447. The van der Waals surface area contributed by atoms with Crippen LogP contribution in [0, 0.1) is 12.8 Å². The standard InChI is InChI=1S/C17H27BrN2/c1-12-5-4-6-15(9-12)20(3)17(11-19)14-8-7-13(2)16(18)10-14/h7-8,10,12,15,17H,4-6,9,11,19H2,1-3H3. The van der Waals surface area contributed by atoms with Crippen molar-refractivity contribution in [1.29, 1.82) is 0 Å². The molecule has 3 heteroatoms. The summed E-state index contributed by atoms with van der Waals surface area (Å²) in [6, 6.07) is 7.63. The number of rotatable bonds is 4. The van der Waals surface area contributed by atoms with E-state index in [-0.39, 0.29) is 0 Å². The van der Waals surface area contributed by atoms with Gasteiger partial charge in [-0.15, -0.1) is 0 Å². The molecule has 0 radical (unpaired) electrons. The van der Waals surface area contributed by atoms with Gasteiger partial charge in [0.05, 0.1) is 0 Å². The quantitative estimate of drug-likeness (QED) is 0.888. The molecule has 0 aliphatic heterocycles. The molecule has 0 aromatic heterocycles. The largest absolute Gasteiger partial charge is 0.329 e. The third kappa shape index (κ3) is 3.63. The molecule has 2 N–H and O–H groups in total. The number of nitrogens with two attached hydrogens (primary N) is 1. The Morgan fingerprint density at radius 3 is 2.75 bits per heavy atom. The summed E-state index contributed by atoms with van der Waals surface area (Å²) in [5, 5.41) is 0. The summed E-state index contributed by atoms with van der Waals surface area (Å²) >= 11 is 3.64.